The Morgan fingerprint density at radius 1 is 0.900 bits per heavy atom. The highest BCUT2D eigenvalue weighted by molar-refractivity contribution is 14.1. The fourth-order valence-electron chi connectivity index (χ4n) is 2.23. The van der Waals surface area contributed by atoms with Crippen molar-refractivity contribution in [1.82, 2.24) is 0 Å². The summed E-state index contributed by atoms with van der Waals surface area (Å²) in [6, 6.07) is 15.1. The van der Waals surface area contributed by atoms with E-state index in [1.165, 1.54) is 22.3 Å². The molecule has 0 saturated carbocycles. The molecule has 0 spiro atoms. The summed E-state index contributed by atoms with van der Waals surface area (Å²) in [4.78, 5) is 0. The smallest absolute Gasteiger partial charge is 0.123 e. The van der Waals surface area contributed by atoms with Gasteiger partial charge in [-0.2, -0.15) is 0 Å². The molecule has 0 unspecified atom stereocenters. The molecule has 0 aliphatic carbocycles. The van der Waals surface area contributed by atoms with Crippen LogP contribution in [0.3, 0.4) is 0 Å². The Labute approximate surface area is 135 Å². The SMILES string of the molecule is CCc1ccc(CC)c(OCc2ccccc2CI)c1. The normalized spacial score (nSPS) is 10.6. The molecule has 0 amide bonds. The second-order valence-electron chi connectivity index (χ2n) is 4.84. The average Bonchev–Trinajstić information content (AvgIpc) is 2.52. The molecule has 0 N–H and O–H groups in total. The van der Waals surface area contributed by atoms with E-state index in [0.29, 0.717) is 6.61 Å². The molecule has 0 aliphatic rings. The summed E-state index contributed by atoms with van der Waals surface area (Å²) in [5, 5.41) is 0. The van der Waals surface area contributed by atoms with E-state index in [9.17, 15) is 0 Å². The van der Waals surface area contributed by atoms with Crippen LogP contribution in [0.5, 0.6) is 5.75 Å². The van der Waals surface area contributed by atoms with Crippen LogP contribution in [0.25, 0.3) is 0 Å². The molecule has 2 aromatic rings. The van der Waals surface area contributed by atoms with Crippen LogP contribution in [0.2, 0.25) is 0 Å². The number of hydrogen-bond acceptors (Lipinski definition) is 1. The van der Waals surface area contributed by atoms with Crippen molar-refractivity contribution < 1.29 is 4.74 Å². The fraction of sp³-hybridized carbons (Fsp3) is 0.333. The summed E-state index contributed by atoms with van der Waals surface area (Å²) in [7, 11) is 0. The van der Waals surface area contributed by atoms with Crippen molar-refractivity contribution in [2.45, 2.75) is 37.7 Å². The third-order valence-corrected chi connectivity index (χ3v) is 4.39. The van der Waals surface area contributed by atoms with Gasteiger partial charge in [-0.05, 0) is 41.2 Å². The van der Waals surface area contributed by atoms with Crippen molar-refractivity contribution in [1.29, 1.82) is 0 Å². The molecular formula is C18H21IO. The molecule has 0 atom stereocenters. The van der Waals surface area contributed by atoms with Crippen LogP contribution in [0.15, 0.2) is 42.5 Å². The number of halogens is 1. The van der Waals surface area contributed by atoms with Gasteiger partial charge >= 0.3 is 0 Å². The predicted octanol–water partition coefficient (Wildman–Crippen LogP) is 5.33. The summed E-state index contributed by atoms with van der Waals surface area (Å²) in [6.45, 7) is 5.00. The minimum atomic E-state index is 0.652. The highest BCUT2D eigenvalue weighted by Crippen LogP contribution is 2.23. The quantitative estimate of drug-likeness (QED) is 0.487. The van der Waals surface area contributed by atoms with Gasteiger partial charge in [0, 0.05) is 4.43 Å². The Morgan fingerprint density at radius 3 is 2.30 bits per heavy atom. The molecular weight excluding hydrogens is 359 g/mol. The van der Waals surface area contributed by atoms with E-state index in [4.69, 9.17) is 4.74 Å². The summed E-state index contributed by atoms with van der Waals surface area (Å²) < 4.78 is 7.12. The number of hydrogen-bond donors (Lipinski definition) is 0. The van der Waals surface area contributed by atoms with Gasteiger partial charge in [-0.3, -0.25) is 0 Å². The van der Waals surface area contributed by atoms with Crippen molar-refractivity contribution in [2.24, 2.45) is 0 Å². The monoisotopic (exact) mass is 380 g/mol. The molecule has 0 aliphatic heterocycles. The van der Waals surface area contributed by atoms with E-state index < -0.39 is 0 Å². The molecule has 20 heavy (non-hydrogen) atoms. The van der Waals surface area contributed by atoms with E-state index in [1.54, 1.807) is 0 Å². The van der Waals surface area contributed by atoms with Gasteiger partial charge in [-0.1, -0.05) is 72.8 Å². The first-order valence-electron chi connectivity index (χ1n) is 7.15. The van der Waals surface area contributed by atoms with Gasteiger partial charge in [0.15, 0.2) is 0 Å². The van der Waals surface area contributed by atoms with Crippen LogP contribution in [-0.4, -0.2) is 0 Å². The Morgan fingerprint density at radius 2 is 1.65 bits per heavy atom. The van der Waals surface area contributed by atoms with Gasteiger partial charge in [0.1, 0.15) is 12.4 Å². The zero-order valence-electron chi connectivity index (χ0n) is 12.2. The first-order chi connectivity index (χ1) is 9.78. The standard InChI is InChI=1S/C18H21IO/c1-3-14-9-10-15(4-2)18(11-14)20-13-17-8-6-5-7-16(17)12-19/h5-11H,3-4,12-13H2,1-2H3. The first kappa shape index (κ1) is 15.4. The van der Waals surface area contributed by atoms with Gasteiger partial charge in [0.2, 0.25) is 0 Å². The van der Waals surface area contributed by atoms with Gasteiger partial charge in [0.05, 0.1) is 0 Å². The third-order valence-electron chi connectivity index (χ3n) is 3.57. The predicted molar refractivity (Wildman–Crippen MR) is 93.7 cm³/mol. The maximum Gasteiger partial charge on any atom is 0.123 e. The number of ether oxygens (including phenoxy) is 1. The summed E-state index contributed by atoms with van der Waals surface area (Å²) in [5.74, 6) is 1.04. The van der Waals surface area contributed by atoms with Crippen LogP contribution >= 0.6 is 22.6 Å². The van der Waals surface area contributed by atoms with Crippen molar-refractivity contribution >= 4 is 22.6 Å². The van der Waals surface area contributed by atoms with E-state index in [1.807, 2.05) is 0 Å². The molecule has 106 valence electrons. The molecule has 0 saturated heterocycles. The Kier molecular flexibility index (Phi) is 5.89. The summed E-state index contributed by atoms with van der Waals surface area (Å²) in [5.41, 5.74) is 5.26. The topological polar surface area (TPSA) is 9.23 Å². The lowest BCUT2D eigenvalue weighted by Gasteiger charge is -2.13. The molecule has 0 aromatic heterocycles. The van der Waals surface area contributed by atoms with E-state index in [-0.39, 0.29) is 0 Å². The van der Waals surface area contributed by atoms with Gasteiger partial charge in [-0.25, -0.2) is 0 Å². The molecule has 0 fully saturated rings. The number of benzene rings is 2. The number of aryl methyl sites for hydroxylation is 2. The Hall–Kier alpha value is -1.03. The van der Waals surface area contributed by atoms with Gasteiger partial charge < -0.3 is 4.74 Å². The lowest BCUT2D eigenvalue weighted by atomic mass is 10.1. The van der Waals surface area contributed by atoms with Crippen LogP contribution in [0.4, 0.5) is 0 Å². The van der Waals surface area contributed by atoms with Gasteiger partial charge in [-0.15, -0.1) is 0 Å². The van der Waals surface area contributed by atoms with E-state index >= 15 is 0 Å². The lowest BCUT2D eigenvalue weighted by molar-refractivity contribution is 0.302. The molecule has 0 bridgehead atoms. The molecule has 0 heterocycles. The maximum absolute atomic E-state index is 6.10. The lowest BCUT2D eigenvalue weighted by Crippen LogP contribution is -2.01. The van der Waals surface area contributed by atoms with Crippen molar-refractivity contribution in [3.05, 3.63) is 64.7 Å². The average molecular weight is 380 g/mol. The minimum absolute atomic E-state index is 0.652. The van der Waals surface area contributed by atoms with Crippen LogP contribution < -0.4 is 4.74 Å². The third kappa shape index (κ3) is 3.75. The zero-order chi connectivity index (χ0) is 14.4. The fourth-order valence-corrected chi connectivity index (χ4v) is 2.97. The van der Waals surface area contributed by atoms with Crippen molar-refractivity contribution in [2.75, 3.05) is 0 Å². The Balaban J connectivity index is 2.17. The minimum Gasteiger partial charge on any atom is -0.489 e. The molecule has 0 radical (unpaired) electrons. The second-order valence-corrected chi connectivity index (χ2v) is 5.60. The molecule has 2 rings (SSSR count). The number of alkyl halides is 1. The van der Waals surface area contributed by atoms with Gasteiger partial charge in [0.25, 0.3) is 0 Å². The Bertz CT molecular complexity index is 563. The molecule has 2 heteroatoms. The van der Waals surface area contributed by atoms with Crippen LogP contribution in [0, 0.1) is 0 Å². The summed E-state index contributed by atoms with van der Waals surface area (Å²) in [6.07, 6.45) is 2.05. The van der Waals surface area contributed by atoms with E-state index in [2.05, 4.69) is 78.9 Å². The number of rotatable bonds is 6. The molecule has 2 aromatic carbocycles. The maximum atomic E-state index is 6.10. The zero-order valence-corrected chi connectivity index (χ0v) is 14.3. The highest BCUT2D eigenvalue weighted by Gasteiger charge is 2.06. The summed E-state index contributed by atoms with van der Waals surface area (Å²) >= 11 is 2.40. The van der Waals surface area contributed by atoms with E-state index in [0.717, 1.165) is 23.0 Å². The highest BCUT2D eigenvalue weighted by atomic mass is 127. The van der Waals surface area contributed by atoms with Crippen LogP contribution in [0.1, 0.15) is 36.1 Å². The molecule has 1 nitrogen and oxygen atoms in total. The van der Waals surface area contributed by atoms with Crippen LogP contribution in [-0.2, 0) is 23.9 Å². The second kappa shape index (κ2) is 7.67. The first-order valence-corrected chi connectivity index (χ1v) is 8.68. The largest absolute Gasteiger partial charge is 0.489 e. The van der Waals surface area contributed by atoms with Crippen molar-refractivity contribution in [3.8, 4) is 5.75 Å². The van der Waals surface area contributed by atoms with Crippen molar-refractivity contribution in [3.63, 3.8) is 0 Å².